The molecule has 0 aliphatic carbocycles. The second-order valence-electron chi connectivity index (χ2n) is 7.07. The topological polar surface area (TPSA) is 69.4 Å². The average Bonchev–Trinajstić information content (AvgIpc) is 2.85. The summed E-state index contributed by atoms with van der Waals surface area (Å²) in [6.45, 7) is 1.87. The van der Waals surface area contributed by atoms with Crippen molar-refractivity contribution in [3.05, 3.63) is 52.0 Å². The molecule has 1 amide bonds. The molecule has 1 saturated heterocycles. The van der Waals surface area contributed by atoms with Gasteiger partial charge in [-0.3, -0.25) is 9.36 Å². The molecule has 27 heavy (non-hydrogen) atoms. The van der Waals surface area contributed by atoms with Crippen molar-refractivity contribution in [2.45, 2.75) is 44.9 Å². The molecule has 1 atom stereocenters. The minimum atomic E-state index is -0.304. The van der Waals surface area contributed by atoms with Crippen LogP contribution in [0.1, 0.15) is 36.8 Å². The highest BCUT2D eigenvalue weighted by atomic mass is 19.1. The van der Waals surface area contributed by atoms with E-state index in [1.54, 1.807) is 21.6 Å². The number of fused-ring (bicyclic) bond motifs is 1. The molecule has 4 rings (SSSR count). The lowest BCUT2D eigenvalue weighted by molar-refractivity contribution is -0.139. The fraction of sp³-hybridized carbons (Fsp3) is 0.526. The third-order valence-electron chi connectivity index (χ3n) is 5.23. The number of aromatic nitrogens is 3. The van der Waals surface area contributed by atoms with Gasteiger partial charge in [0, 0.05) is 19.5 Å². The van der Waals surface area contributed by atoms with E-state index in [9.17, 15) is 14.0 Å². The van der Waals surface area contributed by atoms with Gasteiger partial charge in [-0.25, -0.2) is 13.9 Å². The number of morpholine rings is 1. The summed E-state index contributed by atoms with van der Waals surface area (Å²) in [5, 5.41) is 4.38. The van der Waals surface area contributed by atoms with Crippen LogP contribution in [0.3, 0.4) is 0 Å². The number of ether oxygens (including phenoxy) is 1. The Kier molecular flexibility index (Phi) is 5.07. The van der Waals surface area contributed by atoms with Crippen LogP contribution < -0.4 is 5.69 Å². The molecule has 7 nitrogen and oxygen atoms in total. The molecule has 3 heterocycles. The van der Waals surface area contributed by atoms with E-state index in [0.717, 1.165) is 37.1 Å². The van der Waals surface area contributed by atoms with Crippen molar-refractivity contribution in [1.82, 2.24) is 19.2 Å². The summed E-state index contributed by atoms with van der Waals surface area (Å²) in [6, 6.07) is 6.12. The van der Waals surface area contributed by atoms with E-state index in [-0.39, 0.29) is 30.1 Å². The standard InChI is InChI=1S/C19H23FN4O3/c20-15-7-5-14(6-8-15)16-12-22(10-11-27-16)18(25)13-24-19(26)23-9-3-1-2-4-17(23)21-24/h5-8,16H,1-4,9-13H2. The minimum Gasteiger partial charge on any atom is -0.370 e. The Balaban J connectivity index is 1.45. The number of nitrogens with zero attached hydrogens (tertiary/aromatic N) is 4. The number of carbonyl (C=O) groups excluding carboxylic acids is 1. The summed E-state index contributed by atoms with van der Waals surface area (Å²) in [7, 11) is 0. The van der Waals surface area contributed by atoms with Gasteiger partial charge in [-0.1, -0.05) is 18.6 Å². The van der Waals surface area contributed by atoms with Gasteiger partial charge in [-0.05, 0) is 30.5 Å². The zero-order valence-electron chi connectivity index (χ0n) is 15.1. The van der Waals surface area contributed by atoms with Gasteiger partial charge in [-0.2, -0.15) is 5.10 Å². The van der Waals surface area contributed by atoms with E-state index < -0.39 is 0 Å². The van der Waals surface area contributed by atoms with Crippen LogP contribution in [0.4, 0.5) is 4.39 Å². The van der Waals surface area contributed by atoms with Crippen molar-refractivity contribution in [1.29, 1.82) is 0 Å². The lowest BCUT2D eigenvalue weighted by atomic mass is 10.1. The number of rotatable bonds is 3. The van der Waals surface area contributed by atoms with Gasteiger partial charge in [0.05, 0.1) is 13.2 Å². The molecular formula is C19H23FN4O3. The number of carbonyl (C=O) groups is 1. The minimum absolute atomic E-state index is 0.0605. The first-order valence-electron chi connectivity index (χ1n) is 9.43. The summed E-state index contributed by atoms with van der Waals surface area (Å²) in [5.41, 5.74) is 0.628. The zero-order valence-corrected chi connectivity index (χ0v) is 15.1. The molecule has 0 saturated carbocycles. The van der Waals surface area contributed by atoms with E-state index in [1.807, 2.05) is 0 Å². The highest BCUT2D eigenvalue weighted by molar-refractivity contribution is 5.76. The SMILES string of the molecule is O=C(Cn1nc2n(c1=O)CCCCC2)N1CCOC(c2ccc(F)cc2)C1. The average molecular weight is 374 g/mol. The van der Waals surface area contributed by atoms with Crippen molar-refractivity contribution in [2.24, 2.45) is 0 Å². The fourth-order valence-electron chi connectivity index (χ4n) is 3.71. The van der Waals surface area contributed by atoms with Crippen molar-refractivity contribution in [2.75, 3.05) is 19.7 Å². The van der Waals surface area contributed by atoms with Gasteiger partial charge in [0.2, 0.25) is 5.91 Å². The summed E-state index contributed by atoms with van der Waals surface area (Å²) >= 11 is 0. The monoisotopic (exact) mass is 374 g/mol. The first-order chi connectivity index (χ1) is 13.1. The quantitative estimate of drug-likeness (QED) is 0.817. The van der Waals surface area contributed by atoms with Crippen LogP contribution in [-0.4, -0.2) is 44.9 Å². The molecule has 1 aromatic carbocycles. The first-order valence-corrected chi connectivity index (χ1v) is 9.43. The number of hydrogen-bond acceptors (Lipinski definition) is 4. The van der Waals surface area contributed by atoms with Crippen LogP contribution in [0.2, 0.25) is 0 Å². The van der Waals surface area contributed by atoms with Gasteiger partial charge < -0.3 is 9.64 Å². The Morgan fingerprint density at radius 1 is 1.19 bits per heavy atom. The lowest BCUT2D eigenvalue weighted by Gasteiger charge is -2.33. The second kappa shape index (κ2) is 7.64. The van der Waals surface area contributed by atoms with Crippen molar-refractivity contribution in [3.63, 3.8) is 0 Å². The number of amides is 1. The van der Waals surface area contributed by atoms with Crippen molar-refractivity contribution in [3.8, 4) is 0 Å². The maximum Gasteiger partial charge on any atom is 0.346 e. The highest BCUT2D eigenvalue weighted by Gasteiger charge is 2.27. The van der Waals surface area contributed by atoms with E-state index in [1.165, 1.54) is 16.8 Å². The molecule has 1 aromatic heterocycles. The molecule has 0 spiro atoms. The summed E-state index contributed by atoms with van der Waals surface area (Å²) in [5.74, 6) is 0.318. The maximum absolute atomic E-state index is 13.1. The molecule has 8 heteroatoms. The van der Waals surface area contributed by atoms with Crippen LogP contribution >= 0.6 is 0 Å². The third kappa shape index (κ3) is 3.80. The van der Waals surface area contributed by atoms with Crippen LogP contribution in [0, 0.1) is 5.82 Å². The normalized spacial score (nSPS) is 20.2. The van der Waals surface area contributed by atoms with Crippen LogP contribution in [0.25, 0.3) is 0 Å². The van der Waals surface area contributed by atoms with Gasteiger partial charge in [0.15, 0.2) is 0 Å². The summed E-state index contributed by atoms with van der Waals surface area (Å²) in [4.78, 5) is 27.0. The molecular weight excluding hydrogens is 351 g/mol. The molecule has 1 fully saturated rings. The van der Waals surface area contributed by atoms with Crippen molar-refractivity contribution >= 4 is 5.91 Å². The third-order valence-corrected chi connectivity index (χ3v) is 5.23. The van der Waals surface area contributed by atoms with Crippen LogP contribution in [0.5, 0.6) is 0 Å². The van der Waals surface area contributed by atoms with E-state index in [0.29, 0.717) is 26.2 Å². The maximum atomic E-state index is 13.1. The van der Waals surface area contributed by atoms with Crippen molar-refractivity contribution < 1.29 is 13.9 Å². The number of benzene rings is 1. The first kappa shape index (κ1) is 17.9. The highest BCUT2D eigenvalue weighted by Crippen LogP contribution is 2.22. The van der Waals surface area contributed by atoms with Gasteiger partial charge >= 0.3 is 5.69 Å². The van der Waals surface area contributed by atoms with Crippen LogP contribution in [-0.2, 0) is 29.0 Å². The molecule has 144 valence electrons. The Morgan fingerprint density at radius 3 is 2.81 bits per heavy atom. The number of hydrogen-bond donors (Lipinski definition) is 0. The van der Waals surface area contributed by atoms with Gasteiger partial charge in [0.1, 0.15) is 24.3 Å². The number of aryl methyl sites for hydroxylation is 1. The zero-order chi connectivity index (χ0) is 18.8. The summed E-state index contributed by atoms with van der Waals surface area (Å²) < 4.78 is 21.8. The Bertz CT molecular complexity index is 874. The molecule has 2 aromatic rings. The largest absolute Gasteiger partial charge is 0.370 e. The Labute approximate surface area is 156 Å². The van der Waals surface area contributed by atoms with Crippen LogP contribution in [0.15, 0.2) is 29.1 Å². The summed E-state index contributed by atoms with van der Waals surface area (Å²) in [6.07, 6.45) is 3.57. The molecule has 1 unspecified atom stereocenters. The molecule has 0 N–H and O–H groups in total. The van der Waals surface area contributed by atoms with E-state index >= 15 is 0 Å². The Hall–Kier alpha value is -2.48. The molecule has 2 aliphatic heterocycles. The molecule has 2 aliphatic rings. The fourth-order valence-corrected chi connectivity index (χ4v) is 3.71. The second-order valence-corrected chi connectivity index (χ2v) is 7.07. The predicted molar refractivity (Wildman–Crippen MR) is 95.7 cm³/mol. The smallest absolute Gasteiger partial charge is 0.346 e. The Morgan fingerprint density at radius 2 is 2.00 bits per heavy atom. The van der Waals surface area contributed by atoms with Gasteiger partial charge in [-0.15, -0.1) is 0 Å². The number of halogens is 1. The predicted octanol–water partition coefficient (Wildman–Crippen LogP) is 1.51. The van der Waals surface area contributed by atoms with E-state index in [2.05, 4.69) is 5.10 Å². The molecule has 0 bridgehead atoms. The molecule has 0 radical (unpaired) electrons. The lowest BCUT2D eigenvalue weighted by Crippen LogP contribution is -2.44. The van der Waals surface area contributed by atoms with Gasteiger partial charge in [0.25, 0.3) is 0 Å². The van der Waals surface area contributed by atoms with E-state index in [4.69, 9.17) is 4.74 Å².